The number of halogens is 1. The summed E-state index contributed by atoms with van der Waals surface area (Å²) in [5.41, 5.74) is 2.60. The van der Waals surface area contributed by atoms with Crippen molar-refractivity contribution < 1.29 is 9.18 Å². The Morgan fingerprint density at radius 2 is 1.80 bits per heavy atom. The van der Waals surface area contributed by atoms with Gasteiger partial charge >= 0.3 is 0 Å². The van der Waals surface area contributed by atoms with Crippen LogP contribution in [0, 0.1) is 5.82 Å². The van der Waals surface area contributed by atoms with Gasteiger partial charge in [0.1, 0.15) is 18.0 Å². The average Bonchev–Trinajstić information content (AvgIpc) is 3.18. The number of nitrogens with one attached hydrogen (secondary N) is 2. The maximum absolute atomic E-state index is 13.0. The summed E-state index contributed by atoms with van der Waals surface area (Å²) >= 11 is 0. The molecule has 0 aliphatic carbocycles. The molecule has 152 valence electrons. The molecule has 0 bridgehead atoms. The lowest BCUT2D eigenvalue weighted by Gasteiger charge is -2.08. The molecular weight excluding hydrogens is 383 g/mol. The van der Waals surface area contributed by atoms with Gasteiger partial charge in [-0.2, -0.15) is 5.10 Å². The maximum Gasteiger partial charge on any atom is 0.224 e. The van der Waals surface area contributed by atoms with E-state index < -0.39 is 0 Å². The van der Waals surface area contributed by atoms with E-state index >= 15 is 0 Å². The Morgan fingerprint density at radius 1 is 1.00 bits per heavy atom. The molecule has 4 rings (SSSR count). The van der Waals surface area contributed by atoms with Crippen LogP contribution in [-0.4, -0.2) is 32.2 Å². The van der Waals surface area contributed by atoms with Gasteiger partial charge in [0, 0.05) is 13.1 Å². The number of carbonyl (C=O) groups is 1. The van der Waals surface area contributed by atoms with E-state index in [1.165, 1.54) is 18.5 Å². The Balaban J connectivity index is 1.35. The van der Waals surface area contributed by atoms with E-state index in [2.05, 4.69) is 25.7 Å². The van der Waals surface area contributed by atoms with Crippen LogP contribution < -0.4 is 10.6 Å². The standard InChI is InChI=1S/C22H21FN6O/c23-18-8-6-17(7-9-18)13-25-21-19-14-28-29(22(19)27-15-26-21)11-10-24-20(30)12-16-4-2-1-3-5-16/h1-9,14-15H,10-13H2,(H,24,30)(H,25,26,27). The monoisotopic (exact) mass is 404 g/mol. The first kappa shape index (κ1) is 19.5. The van der Waals surface area contributed by atoms with Crippen molar-refractivity contribution in [3.63, 3.8) is 0 Å². The Bertz CT molecular complexity index is 1130. The highest BCUT2D eigenvalue weighted by molar-refractivity contribution is 5.86. The van der Waals surface area contributed by atoms with E-state index in [0.717, 1.165) is 16.5 Å². The molecule has 2 N–H and O–H groups in total. The minimum Gasteiger partial charge on any atom is -0.365 e. The average molecular weight is 404 g/mol. The fourth-order valence-corrected chi connectivity index (χ4v) is 3.13. The first-order valence-electron chi connectivity index (χ1n) is 9.64. The summed E-state index contributed by atoms with van der Waals surface area (Å²) in [7, 11) is 0. The van der Waals surface area contributed by atoms with E-state index in [4.69, 9.17) is 0 Å². The zero-order valence-electron chi connectivity index (χ0n) is 16.3. The normalized spacial score (nSPS) is 10.8. The summed E-state index contributed by atoms with van der Waals surface area (Å²) in [5.74, 6) is 0.359. The lowest BCUT2D eigenvalue weighted by atomic mass is 10.1. The van der Waals surface area contributed by atoms with Gasteiger partial charge in [0.15, 0.2) is 5.65 Å². The molecule has 0 aliphatic rings. The molecule has 0 unspecified atom stereocenters. The van der Waals surface area contributed by atoms with Crippen molar-refractivity contribution in [1.82, 2.24) is 25.1 Å². The van der Waals surface area contributed by atoms with Crippen LogP contribution in [0.2, 0.25) is 0 Å². The Kier molecular flexibility index (Phi) is 5.93. The maximum atomic E-state index is 13.0. The molecule has 0 aliphatic heterocycles. The summed E-state index contributed by atoms with van der Waals surface area (Å²) in [6.07, 6.45) is 3.52. The van der Waals surface area contributed by atoms with E-state index in [9.17, 15) is 9.18 Å². The highest BCUT2D eigenvalue weighted by Gasteiger charge is 2.10. The highest BCUT2D eigenvalue weighted by atomic mass is 19.1. The van der Waals surface area contributed by atoms with Crippen LogP contribution in [0.1, 0.15) is 11.1 Å². The molecular formula is C22H21FN6O. The molecule has 8 heteroatoms. The molecule has 7 nitrogen and oxygen atoms in total. The predicted molar refractivity (Wildman–Crippen MR) is 112 cm³/mol. The van der Waals surface area contributed by atoms with E-state index in [1.807, 2.05) is 30.3 Å². The summed E-state index contributed by atoms with van der Waals surface area (Å²) in [5, 5.41) is 11.3. The first-order valence-corrected chi connectivity index (χ1v) is 9.64. The number of rotatable bonds is 8. The second-order valence-electron chi connectivity index (χ2n) is 6.82. The number of anilines is 1. The summed E-state index contributed by atoms with van der Waals surface area (Å²) in [6.45, 7) is 1.45. The van der Waals surface area contributed by atoms with Crippen molar-refractivity contribution in [1.29, 1.82) is 0 Å². The van der Waals surface area contributed by atoms with Gasteiger partial charge < -0.3 is 10.6 Å². The number of hydrogen-bond acceptors (Lipinski definition) is 5. The second kappa shape index (κ2) is 9.13. The second-order valence-corrected chi connectivity index (χ2v) is 6.82. The molecule has 2 aromatic heterocycles. The van der Waals surface area contributed by atoms with Crippen molar-refractivity contribution in [2.24, 2.45) is 0 Å². The van der Waals surface area contributed by atoms with Crippen molar-refractivity contribution in [2.45, 2.75) is 19.5 Å². The van der Waals surface area contributed by atoms with E-state index in [1.54, 1.807) is 23.0 Å². The molecule has 2 heterocycles. The van der Waals surface area contributed by atoms with Gasteiger partial charge in [-0.1, -0.05) is 42.5 Å². The third-order valence-electron chi connectivity index (χ3n) is 4.66. The molecule has 0 saturated carbocycles. The molecule has 4 aromatic rings. The molecule has 1 amide bonds. The van der Waals surface area contributed by atoms with Crippen LogP contribution in [0.4, 0.5) is 10.2 Å². The van der Waals surface area contributed by atoms with Crippen molar-refractivity contribution in [2.75, 3.05) is 11.9 Å². The van der Waals surface area contributed by atoms with Crippen molar-refractivity contribution in [3.8, 4) is 0 Å². The number of amides is 1. The van der Waals surface area contributed by atoms with Crippen LogP contribution in [0.15, 0.2) is 67.1 Å². The van der Waals surface area contributed by atoms with Crippen molar-refractivity contribution >= 4 is 22.8 Å². The lowest BCUT2D eigenvalue weighted by Crippen LogP contribution is -2.28. The molecule has 0 radical (unpaired) electrons. The topological polar surface area (TPSA) is 84.7 Å². The lowest BCUT2D eigenvalue weighted by molar-refractivity contribution is -0.120. The SMILES string of the molecule is O=C(Cc1ccccc1)NCCn1ncc2c(NCc3ccc(F)cc3)ncnc21. The van der Waals surface area contributed by atoms with Crippen LogP contribution >= 0.6 is 0 Å². The van der Waals surface area contributed by atoms with Gasteiger partial charge in [-0.25, -0.2) is 19.0 Å². The molecule has 2 aromatic carbocycles. The number of benzene rings is 2. The van der Waals surface area contributed by atoms with Gasteiger partial charge in [0.2, 0.25) is 5.91 Å². The van der Waals surface area contributed by atoms with Crippen LogP contribution in [0.25, 0.3) is 11.0 Å². The summed E-state index contributed by atoms with van der Waals surface area (Å²) in [4.78, 5) is 20.7. The van der Waals surface area contributed by atoms with Gasteiger partial charge in [-0.05, 0) is 23.3 Å². The third kappa shape index (κ3) is 4.78. The molecule has 0 atom stereocenters. The first-order chi connectivity index (χ1) is 14.7. The summed E-state index contributed by atoms with van der Waals surface area (Å²) in [6, 6.07) is 15.9. The van der Waals surface area contributed by atoms with Crippen LogP contribution in [0.3, 0.4) is 0 Å². The third-order valence-corrected chi connectivity index (χ3v) is 4.66. The number of aromatic nitrogens is 4. The molecule has 0 fully saturated rings. The number of hydrogen-bond donors (Lipinski definition) is 2. The minimum absolute atomic E-state index is 0.0334. The Morgan fingerprint density at radius 3 is 2.60 bits per heavy atom. The fourth-order valence-electron chi connectivity index (χ4n) is 3.13. The number of carbonyl (C=O) groups excluding carboxylic acids is 1. The Labute approximate surface area is 173 Å². The predicted octanol–water partition coefficient (Wildman–Crippen LogP) is 2.94. The molecule has 0 saturated heterocycles. The largest absolute Gasteiger partial charge is 0.365 e. The van der Waals surface area contributed by atoms with Gasteiger partial charge in [0.05, 0.1) is 24.5 Å². The minimum atomic E-state index is -0.264. The zero-order chi connectivity index (χ0) is 20.8. The van der Waals surface area contributed by atoms with Gasteiger partial charge in [-0.15, -0.1) is 0 Å². The number of fused-ring (bicyclic) bond motifs is 1. The zero-order valence-corrected chi connectivity index (χ0v) is 16.3. The van der Waals surface area contributed by atoms with Gasteiger partial charge in [-0.3, -0.25) is 4.79 Å². The number of nitrogens with zero attached hydrogens (tertiary/aromatic N) is 4. The van der Waals surface area contributed by atoms with Crippen molar-refractivity contribution in [3.05, 3.63) is 84.1 Å². The fraction of sp³-hybridized carbons (Fsp3) is 0.182. The Hall–Kier alpha value is -3.81. The van der Waals surface area contributed by atoms with E-state index in [-0.39, 0.29) is 11.7 Å². The van der Waals surface area contributed by atoms with Crippen LogP contribution in [0.5, 0.6) is 0 Å². The van der Waals surface area contributed by atoms with E-state index in [0.29, 0.717) is 37.5 Å². The smallest absolute Gasteiger partial charge is 0.224 e. The molecule has 30 heavy (non-hydrogen) atoms. The molecule has 0 spiro atoms. The summed E-state index contributed by atoms with van der Waals surface area (Å²) < 4.78 is 14.8. The van der Waals surface area contributed by atoms with Crippen LogP contribution in [-0.2, 0) is 24.3 Å². The quantitative estimate of drug-likeness (QED) is 0.472. The van der Waals surface area contributed by atoms with Gasteiger partial charge in [0.25, 0.3) is 0 Å². The highest BCUT2D eigenvalue weighted by Crippen LogP contribution is 2.19.